The molecule has 0 nitrogen and oxygen atoms in total. The summed E-state index contributed by atoms with van der Waals surface area (Å²) >= 11 is 3.89. The van der Waals surface area contributed by atoms with Crippen molar-refractivity contribution in [3.8, 4) is 11.8 Å². The normalized spacial score (nSPS) is 11.4. The van der Waals surface area contributed by atoms with Gasteiger partial charge < -0.3 is 0 Å². The lowest BCUT2D eigenvalue weighted by molar-refractivity contribution is 0.575. The Bertz CT molecular complexity index is 1550. The molecule has 0 saturated heterocycles. The number of aryl methyl sites for hydroxylation is 2. The van der Waals surface area contributed by atoms with Crippen LogP contribution in [0.15, 0.2) is 60.7 Å². The van der Waals surface area contributed by atoms with Crippen molar-refractivity contribution >= 4 is 52.2 Å². The summed E-state index contributed by atoms with van der Waals surface area (Å²) in [6, 6.07) is 22.8. The van der Waals surface area contributed by atoms with Crippen LogP contribution in [0.5, 0.6) is 0 Å². The van der Waals surface area contributed by atoms with Crippen molar-refractivity contribution in [1.29, 1.82) is 0 Å². The molecule has 0 saturated carbocycles. The summed E-state index contributed by atoms with van der Waals surface area (Å²) in [5, 5.41) is 2.80. The van der Waals surface area contributed by atoms with Gasteiger partial charge in [-0.2, -0.15) is 0 Å². The molecule has 0 amide bonds. The Morgan fingerprint density at radius 2 is 0.974 bits per heavy atom. The molecule has 2 aromatic heterocycles. The van der Waals surface area contributed by atoms with E-state index in [1.807, 2.05) is 22.7 Å². The van der Waals surface area contributed by atoms with Gasteiger partial charge in [0, 0.05) is 31.3 Å². The van der Waals surface area contributed by atoms with E-state index in [2.05, 4.69) is 86.4 Å². The van der Waals surface area contributed by atoms with Gasteiger partial charge >= 0.3 is 0 Å². The SMILES string of the molecule is CCCCCCCCCCc1ccc2c(c1)sc1c3ccc(C#Cc4ccc(CCCCC)cc4)cc3sc21. The second-order valence-corrected chi connectivity index (χ2v) is 13.1. The zero-order valence-corrected chi connectivity index (χ0v) is 25.4. The number of benzene rings is 3. The van der Waals surface area contributed by atoms with Gasteiger partial charge in [0.25, 0.3) is 0 Å². The minimum absolute atomic E-state index is 1.09. The van der Waals surface area contributed by atoms with Crippen molar-refractivity contribution in [2.75, 3.05) is 0 Å². The van der Waals surface area contributed by atoms with Gasteiger partial charge in [-0.25, -0.2) is 0 Å². The maximum Gasteiger partial charge on any atom is 0.0542 e. The minimum Gasteiger partial charge on any atom is -0.134 e. The molecule has 0 unspecified atom stereocenters. The predicted octanol–water partition coefficient (Wildman–Crippen LogP) is 12.1. The lowest BCUT2D eigenvalue weighted by atomic mass is 10.0. The highest BCUT2D eigenvalue weighted by Gasteiger charge is 2.12. The fourth-order valence-corrected chi connectivity index (χ4v) is 8.23. The Hall–Kier alpha value is -2.60. The first-order valence-electron chi connectivity index (χ1n) is 15.2. The Morgan fingerprint density at radius 3 is 1.69 bits per heavy atom. The van der Waals surface area contributed by atoms with Crippen molar-refractivity contribution in [2.45, 2.75) is 97.3 Å². The molecule has 0 radical (unpaired) electrons. The fourth-order valence-electron chi connectivity index (χ4n) is 5.47. The number of hydrogen-bond acceptors (Lipinski definition) is 2. The Kier molecular flexibility index (Phi) is 10.1. The molecule has 0 aliphatic heterocycles. The molecule has 2 heteroatoms. The standard InChI is InChI=1S/C37H42S2/c1-3-5-7-8-9-10-11-13-15-30-22-24-32-34(26-30)38-37-33-25-23-31(27-35(33)39-36(32)37)21-20-29-18-16-28(17-19-29)14-12-6-4-2/h16-19,22-27H,3-15H2,1-2H3. The lowest BCUT2D eigenvalue weighted by Gasteiger charge is -2.03. The Morgan fingerprint density at radius 1 is 0.487 bits per heavy atom. The molecule has 0 atom stereocenters. The van der Waals surface area contributed by atoms with E-state index in [1.54, 1.807) is 0 Å². The molecule has 5 rings (SSSR count). The van der Waals surface area contributed by atoms with Gasteiger partial charge in [-0.15, -0.1) is 22.7 Å². The van der Waals surface area contributed by atoms with Gasteiger partial charge in [0.2, 0.25) is 0 Å². The number of thiophene rings is 2. The number of rotatable bonds is 13. The smallest absolute Gasteiger partial charge is 0.0542 e. The molecule has 0 bridgehead atoms. The highest BCUT2D eigenvalue weighted by Crippen LogP contribution is 2.44. The number of fused-ring (bicyclic) bond motifs is 5. The summed E-state index contributed by atoms with van der Waals surface area (Å²) in [6.07, 6.45) is 17.3. The van der Waals surface area contributed by atoms with Gasteiger partial charge in [0.1, 0.15) is 0 Å². The summed E-state index contributed by atoms with van der Waals surface area (Å²) in [6.45, 7) is 4.55. The van der Waals surface area contributed by atoms with E-state index in [0.717, 1.165) is 11.1 Å². The summed E-state index contributed by atoms with van der Waals surface area (Å²) in [5.41, 5.74) is 5.11. The van der Waals surface area contributed by atoms with E-state index >= 15 is 0 Å². The van der Waals surface area contributed by atoms with Crippen LogP contribution in [0.3, 0.4) is 0 Å². The van der Waals surface area contributed by atoms with Crippen LogP contribution in [0.4, 0.5) is 0 Å². The largest absolute Gasteiger partial charge is 0.134 e. The lowest BCUT2D eigenvalue weighted by Crippen LogP contribution is -1.86. The third-order valence-electron chi connectivity index (χ3n) is 7.84. The van der Waals surface area contributed by atoms with E-state index < -0.39 is 0 Å². The molecular formula is C37H42S2. The third kappa shape index (κ3) is 7.33. The topological polar surface area (TPSA) is 0 Å². The van der Waals surface area contributed by atoms with Crippen LogP contribution in [0.2, 0.25) is 0 Å². The first-order valence-corrected chi connectivity index (χ1v) is 16.9. The molecule has 2 heterocycles. The Labute approximate surface area is 243 Å². The van der Waals surface area contributed by atoms with Crippen LogP contribution in [-0.4, -0.2) is 0 Å². The van der Waals surface area contributed by atoms with Crippen molar-refractivity contribution in [3.63, 3.8) is 0 Å². The molecule has 0 aliphatic carbocycles. The fraction of sp³-hybridized carbons (Fsp3) is 0.405. The van der Waals surface area contributed by atoms with Crippen LogP contribution in [-0.2, 0) is 12.8 Å². The summed E-state index contributed by atoms with van der Waals surface area (Å²) in [4.78, 5) is 0. The number of unbranched alkanes of at least 4 members (excludes halogenated alkanes) is 9. The highest BCUT2D eigenvalue weighted by atomic mass is 32.1. The van der Waals surface area contributed by atoms with E-state index in [4.69, 9.17) is 0 Å². The quantitative estimate of drug-likeness (QED) is 0.101. The molecule has 0 spiro atoms. The molecule has 202 valence electrons. The molecule has 3 aromatic carbocycles. The van der Waals surface area contributed by atoms with E-state index in [0.29, 0.717) is 0 Å². The summed E-state index contributed by atoms with van der Waals surface area (Å²) < 4.78 is 5.66. The zero-order valence-electron chi connectivity index (χ0n) is 23.8. The van der Waals surface area contributed by atoms with Crippen molar-refractivity contribution in [1.82, 2.24) is 0 Å². The predicted molar refractivity (Wildman–Crippen MR) is 177 cm³/mol. The third-order valence-corrected chi connectivity index (χ3v) is 10.3. The minimum atomic E-state index is 1.09. The summed E-state index contributed by atoms with van der Waals surface area (Å²) in [7, 11) is 0. The van der Waals surface area contributed by atoms with Gasteiger partial charge in [-0.05, 0) is 67.1 Å². The van der Waals surface area contributed by atoms with E-state index in [-0.39, 0.29) is 0 Å². The van der Waals surface area contributed by atoms with E-state index in [9.17, 15) is 0 Å². The van der Waals surface area contributed by atoms with E-state index in [1.165, 1.54) is 124 Å². The molecule has 5 aromatic rings. The summed E-state index contributed by atoms with van der Waals surface area (Å²) in [5.74, 6) is 6.78. The first kappa shape index (κ1) is 27.9. The average molecular weight is 551 g/mol. The van der Waals surface area contributed by atoms with Gasteiger partial charge in [0.15, 0.2) is 0 Å². The highest BCUT2D eigenvalue weighted by molar-refractivity contribution is 7.36. The second-order valence-electron chi connectivity index (χ2n) is 11.0. The number of hydrogen-bond donors (Lipinski definition) is 0. The van der Waals surface area contributed by atoms with Gasteiger partial charge in [0.05, 0.1) is 9.40 Å². The average Bonchev–Trinajstić information content (AvgIpc) is 3.49. The van der Waals surface area contributed by atoms with Crippen LogP contribution in [0, 0.1) is 11.8 Å². The Balaban J connectivity index is 1.23. The molecular weight excluding hydrogens is 509 g/mol. The maximum absolute atomic E-state index is 3.41. The van der Waals surface area contributed by atoms with Gasteiger partial charge in [-0.1, -0.05) is 114 Å². The molecule has 0 N–H and O–H groups in total. The first-order chi connectivity index (χ1) is 19.2. The van der Waals surface area contributed by atoms with Crippen LogP contribution >= 0.6 is 22.7 Å². The molecule has 0 aliphatic rings. The van der Waals surface area contributed by atoms with Crippen molar-refractivity contribution in [3.05, 3.63) is 82.9 Å². The van der Waals surface area contributed by atoms with Crippen LogP contribution in [0.25, 0.3) is 29.6 Å². The monoisotopic (exact) mass is 550 g/mol. The zero-order chi connectivity index (χ0) is 26.9. The molecule has 0 fully saturated rings. The van der Waals surface area contributed by atoms with Crippen LogP contribution < -0.4 is 0 Å². The van der Waals surface area contributed by atoms with Crippen molar-refractivity contribution < 1.29 is 0 Å². The van der Waals surface area contributed by atoms with Crippen molar-refractivity contribution in [2.24, 2.45) is 0 Å². The maximum atomic E-state index is 3.41. The second kappa shape index (κ2) is 14.2. The van der Waals surface area contributed by atoms with Crippen LogP contribution in [0.1, 0.15) is 107 Å². The molecule has 39 heavy (non-hydrogen) atoms. The van der Waals surface area contributed by atoms with Gasteiger partial charge in [-0.3, -0.25) is 0 Å².